The number of anilines is 2. The minimum Gasteiger partial charge on any atom is -0.489 e. The Kier molecular flexibility index (Phi) is 7.23. The van der Waals surface area contributed by atoms with E-state index in [-0.39, 0.29) is 0 Å². The Labute approximate surface area is 194 Å². The summed E-state index contributed by atoms with van der Waals surface area (Å²) >= 11 is 0. The highest BCUT2D eigenvalue weighted by atomic mass is 16.5. The summed E-state index contributed by atoms with van der Waals surface area (Å²) in [5, 5.41) is 0. The predicted octanol–water partition coefficient (Wildman–Crippen LogP) is 5.93. The molecule has 4 aromatic rings. The quantitative estimate of drug-likeness (QED) is 0.274. The molecule has 0 aliphatic heterocycles. The number of hydrogen-bond acceptors (Lipinski definition) is 3. The number of rotatable bonds is 8. The van der Waals surface area contributed by atoms with Crippen LogP contribution in [0.4, 0.5) is 11.4 Å². The number of nitrogens with two attached hydrogens (primary N) is 1. The van der Waals surface area contributed by atoms with Gasteiger partial charge in [0, 0.05) is 19.2 Å². The standard InChI is InChI=1S/C28H27N3O2/c1-30-28(29)31(24-14-8-16-26(18-24)32-20-22-10-4-2-5-11-22)25-15-9-17-27(19-25)33-21-23-12-6-3-7-13-23/h2-19H,20-21H2,1H3,(H2,29,30). The van der Waals surface area contributed by atoms with Crippen LogP contribution in [-0.4, -0.2) is 13.0 Å². The maximum atomic E-state index is 6.31. The summed E-state index contributed by atoms with van der Waals surface area (Å²) in [7, 11) is 1.67. The fourth-order valence-electron chi connectivity index (χ4n) is 3.42. The topological polar surface area (TPSA) is 60.1 Å². The number of hydrogen-bond donors (Lipinski definition) is 1. The molecule has 5 nitrogen and oxygen atoms in total. The van der Waals surface area contributed by atoms with Crippen molar-refractivity contribution in [3.63, 3.8) is 0 Å². The lowest BCUT2D eigenvalue weighted by Gasteiger charge is -2.24. The van der Waals surface area contributed by atoms with E-state index < -0.39 is 0 Å². The zero-order valence-electron chi connectivity index (χ0n) is 18.6. The lowest BCUT2D eigenvalue weighted by molar-refractivity contribution is 0.306. The maximum Gasteiger partial charge on any atom is 0.200 e. The van der Waals surface area contributed by atoms with Gasteiger partial charge in [0.25, 0.3) is 0 Å². The fraction of sp³-hybridized carbons (Fsp3) is 0.107. The minimum absolute atomic E-state index is 0.371. The van der Waals surface area contributed by atoms with Crippen molar-refractivity contribution in [1.82, 2.24) is 0 Å². The van der Waals surface area contributed by atoms with Gasteiger partial charge in [0.15, 0.2) is 5.96 Å². The van der Waals surface area contributed by atoms with Crippen LogP contribution in [0, 0.1) is 0 Å². The van der Waals surface area contributed by atoms with Crippen LogP contribution >= 0.6 is 0 Å². The fourth-order valence-corrected chi connectivity index (χ4v) is 3.42. The van der Waals surface area contributed by atoms with E-state index in [1.54, 1.807) is 7.05 Å². The zero-order valence-corrected chi connectivity index (χ0v) is 18.6. The highest BCUT2D eigenvalue weighted by Gasteiger charge is 2.15. The number of ether oxygens (including phenoxy) is 2. The normalized spacial score (nSPS) is 11.1. The van der Waals surface area contributed by atoms with Gasteiger partial charge in [-0.25, -0.2) is 0 Å². The molecule has 5 heteroatoms. The first-order chi connectivity index (χ1) is 16.2. The van der Waals surface area contributed by atoms with Gasteiger partial charge in [-0.15, -0.1) is 0 Å². The second kappa shape index (κ2) is 10.9. The van der Waals surface area contributed by atoms with Crippen molar-refractivity contribution >= 4 is 17.3 Å². The van der Waals surface area contributed by atoms with Crippen LogP contribution in [-0.2, 0) is 13.2 Å². The first kappa shape index (κ1) is 22.0. The summed E-state index contributed by atoms with van der Waals surface area (Å²) in [6.07, 6.45) is 0. The van der Waals surface area contributed by atoms with Gasteiger partial charge in [0.1, 0.15) is 24.7 Å². The van der Waals surface area contributed by atoms with Crippen LogP contribution in [0.5, 0.6) is 11.5 Å². The van der Waals surface area contributed by atoms with Gasteiger partial charge >= 0.3 is 0 Å². The lowest BCUT2D eigenvalue weighted by Crippen LogP contribution is -2.33. The molecule has 0 fully saturated rings. The summed E-state index contributed by atoms with van der Waals surface area (Å²) < 4.78 is 12.0. The summed E-state index contributed by atoms with van der Waals surface area (Å²) in [6, 6.07) is 35.8. The summed E-state index contributed by atoms with van der Waals surface area (Å²) in [5.74, 6) is 1.87. The molecule has 0 aliphatic rings. The minimum atomic E-state index is 0.371. The van der Waals surface area contributed by atoms with Crippen molar-refractivity contribution < 1.29 is 9.47 Å². The van der Waals surface area contributed by atoms with Crippen molar-refractivity contribution in [1.29, 1.82) is 0 Å². The predicted molar refractivity (Wildman–Crippen MR) is 134 cm³/mol. The van der Waals surface area contributed by atoms with E-state index in [2.05, 4.69) is 4.99 Å². The van der Waals surface area contributed by atoms with E-state index in [1.807, 2.05) is 114 Å². The van der Waals surface area contributed by atoms with Crippen molar-refractivity contribution in [3.05, 3.63) is 120 Å². The van der Waals surface area contributed by atoms with Crippen LogP contribution in [0.1, 0.15) is 11.1 Å². The molecule has 0 heterocycles. The Bertz CT molecular complexity index is 1110. The van der Waals surface area contributed by atoms with Crippen LogP contribution in [0.3, 0.4) is 0 Å². The number of guanidine groups is 1. The average Bonchev–Trinajstić information content (AvgIpc) is 2.88. The third kappa shape index (κ3) is 5.92. The van der Waals surface area contributed by atoms with Crippen molar-refractivity contribution in [2.24, 2.45) is 10.7 Å². The van der Waals surface area contributed by atoms with Crippen molar-refractivity contribution in [2.45, 2.75) is 13.2 Å². The molecule has 2 N–H and O–H groups in total. The molecule has 0 spiro atoms. The van der Waals surface area contributed by atoms with Gasteiger partial charge in [-0.3, -0.25) is 9.89 Å². The second-order valence-corrected chi connectivity index (χ2v) is 7.46. The molecular formula is C28H27N3O2. The Morgan fingerprint density at radius 2 is 1.12 bits per heavy atom. The van der Waals surface area contributed by atoms with Gasteiger partial charge in [-0.05, 0) is 35.4 Å². The number of benzene rings is 4. The molecular weight excluding hydrogens is 410 g/mol. The molecule has 4 aromatic carbocycles. The average molecular weight is 438 g/mol. The van der Waals surface area contributed by atoms with Crippen LogP contribution in [0.2, 0.25) is 0 Å². The molecule has 4 rings (SSSR count). The highest BCUT2D eigenvalue weighted by molar-refractivity contribution is 6.02. The van der Waals surface area contributed by atoms with Gasteiger partial charge < -0.3 is 15.2 Å². The molecule has 0 aromatic heterocycles. The number of aliphatic imine (C=N–C) groups is 1. The molecule has 0 aliphatic carbocycles. The van der Waals surface area contributed by atoms with Crippen LogP contribution < -0.4 is 20.1 Å². The molecule has 0 saturated heterocycles. The van der Waals surface area contributed by atoms with E-state index in [1.165, 1.54) is 0 Å². The van der Waals surface area contributed by atoms with E-state index in [0.29, 0.717) is 19.2 Å². The molecule has 33 heavy (non-hydrogen) atoms. The largest absolute Gasteiger partial charge is 0.489 e. The second-order valence-electron chi connectivity index (χ2n) is 7.46. The van der Waals surface area contributed by atoms with Crippen LogP contribution in [0.15, 0.2) is 114 Å². The maximum absolute atomic E-state index is 6.31. The molecule has 0 radical (unpaired) electrons. The first-order valence-electron chi connectivity index (χ1n) is 10.8. The molecule has 0 amide bonds. The lowest BCUT2D eigenvalue weighted by atomic mass is 10.2. The Morgan fingerprint density at radius 3 is 1.55 bits per heavy atom. The van der Waals surface area contributed by atoms with E-state index >= 15 is 0 Å². The van der Waals surface area contributed by atoms with Gasteiger partial charge in [-0.2, -0.15) is 0 Å². The van der Waals surface area contributed by atoms with Crippen LogP contribution in [0.25, 0.3) is 0 Å². The smallest absolute Gasteiger partial charge is 0.200 e. The van der Waals surface area contributed by atoms with E-state index in [4.69, 9.17) is 15.2 Å². The van der Waals surface area contributed by atoms with Gasteiger partial charge in [0.2, 0.25) is 0 Å². The molecule has 0 unspecified atom stereocenters. The third-order valence-corrected chi connectivity index (χ3v) is 5.11. The molecule has 0 bridgehead atoms. The summed E-state index contributed by atoms with van der Waals surface area (Å²) in [4.78, 5) is 6.11. The Balaban J connectivity index is 1.55. The molecule has 0 saturated carbocycles. The van der Waals surface area contributed by atoms with E-state index in [0.717, 1.165) is 34.0 Å². The van der Waals surface area contributed by atoms with Gasteiger partial charge in [-0.1, -0.05) is 72.8 Å². The van der Waals surface area contributed by atoms with Crippen molar-refractivity contribution in [2.75, 3.05) is 11.9 Å². The monoisotopic (exact) mass is 437 g/mol. The molecule has 166 valence electrons. The summed E-state index contributed by atoms with van der Waals surface area (Å²) in [5.41, 5.74) is 10.2. The third-order valence-electron chi connectivity index (χ3n) is 5.11. The SMILES string of the molecule is CN=C(N)N(c1cccc(OCc2ccccc2)c1)c1cccc(OCc2ccccc2)c1. The van der Waals surface area contributed by atoms with Gasteiger partial charge in [0.05, 0.1) is 11.4 Å². The zero-order chi connectivity index (χ0) is 22.9. The molecule has 0 atom stereocenters. The Morgan fingerprint density at radius 1 is 0.667 bits per heavy atom. The Hall–Kier alpha value is -4.25. The summed E-state index contributed by atoms with van der Waals surface area (Å²) in [6.45, 7) is 0.981. The highest BCUT2D eigenvalue weighted by Crippen LogP contribution is 2.31. The number of nitrogens with zero attached hydrogens (tertiary/aromatic N) is 2. The first-order valence-corrected chi connectivity index (χ1v) is 10.8. The van der Waals surface area contributed by atoms with Crippen molar-refractivity contribution in [3.8, 4) is 11.5 Å². The van der Waals surface area contributed by atoms with E-state index in [9.17, 15) is 0 Å².